The molecule has 25 rings (SSSR count). The van der Waals surface area contributed by atoms with Crippen LogP contribution in [0, 0.1) is 11.3 Å². The summed E-state index contributed by atoms with van der Waals surface area (Å²) in [5.74, 6) is 0. The summed E-state index contributed by atoms with van der Waals surface area (Å²) in [6.45, 7) is 34.6. The molecule has 0 spiro atoms. The molecule has 23 aromatic rings. The molecule has 2 aliphatic heterocycles. The number of benzene rings is 18. The van der Waals surface area contributed by atoms with Crippen molar-refractivity contribution >= 4 is 176 Å². The van der Waals surface area contributed by atoms with Crippen LogP contribution in [-0.4, -0.2) is 15.8 Å². The van der Waals surface area contributed by atoms with Crippen LogP contribution in [0.3, 0.4) is 0 Å². The maximum absolute atomic E-state index is 11.2. The second-order valence-electron chi connectivity index (χ2n) is 43.5. The first-order chi connectivity index (χ1) is 66.5. The van der Waals surface area contributed by atoms with Crippen molar-refractivity contribution < 1.29 is 8.83 Å². The van der Waals surface area contributed by atoms with Gasteiger partial charge in [-0.05, 0) is 249 Å². The van der Waals surface area contributed by atoms with E-state index in [9.17, 15) is 5.26 Å². The van der Waals surface area contributed by atoms with Gasteiger partial charge in [-0.15, -0.1) is 11.3 Å². The monoisotopic (exact) mass is 1800 g/mol. The lowest BCUT2D eigenvalue weighted by atomic mass is 9.33. The van der Waals surface area contributed by atoms with Gasteiger partial charge in [-0.1, -0.05) is 328 Å². The summed E-state index contributed by atoms with van der Waals surface area (Å²) < 4.78 is 21.7. The van der Waals surface area contributed by atoms with Gasteiger partial charge in [0.1, 0.15) is 22.3 Å². The van der Waals surface area contributed by atoms with E-state index in [0.717, 1.165) is 194 Å². The van der Waals surface area contributed by atoms with E-state index in [1.54, 1.807) is 0 Å². The molecule has 18 aromatic carbocycles. The highest BCUT2D eigenvalue weighted by atomic mass is 32.1. The molecule has 9 heteroatoms. The normalized spacial score (nSPS) is 13.1. The third kappa shape index (κ3) is 13.3. The van der Waals surface area contributed by atoms with E-state index in [4.69, 9.17) is 8.83 Å². The molecule has 0 saturated heterocycles. The molecule has 0 amide bonds. The fourth-order valence-corrected chi connectivity index (χ4v) is 23.7. The van der Waals surface area contributed by atoms with Crippen LogP contribution in [0.15, 0.2) is 367 Å². The van der Waals surface area contributed by atoms with Crippen molar-refractivity contribution in [2.45, 2.75) is 131 Å². The first-order valence-corrected chi connectivity index (χ1v) is 49.3. The van der Waals surface area contributed by atoms with Gasteiger partial charge in [0, 0.05) is 114 Å². The van der Waals surface area contributed by atoms with Crippen molar-refractivity contribution in [3.63, 3.8) is 0 Å². The highest BCUT2D eigenvalue weighted by molar-refractivity contribution is 7.26. The summed E-state index contributed by atoms with van der Waals surface area (Å²) in [6.07, 6.45) is 0. The molecule has 7 nitrogen and oxygen atoms in total. The average Bonchev–Trinajstić information content (AvgIpc) is 0.763. The second-order valence-corrected chi connectivity index (χ2v) is 44.5. The number of furan rings is 2. The van der Waals surface area contributed by atoms with Gasteiger partial charge < -0.3 is 27.8 Å². The lowest BCUT2D eigenvalue weighted by Crippen LogP contribution is -2.61. The third-order valence-corrected chi connectivity index (χ3v) is 30.8. The molecule has 0 bridgehead atoms. The Morgan fingerprint density at radius 3 is 1.29 bits per heavy atom. The van der Waals surface area contributed by atoms with Crippen LogP contribution in [0.25, 0.3) is 186 Å². The number of nitrogens with zero attached hydrogens (tertiary/aromatic N) is 5. The van der Waals surface area contributed by atoms with Crippen LogP contribution in [0.1, 0.15) is 137 Å². The fourth-order valence-electron chi connectivity index (χ4n) is 22.5. The van der Waals surface area contributed by atoms with E-state index >= 15 is 0 Å². The number of nitriles is 1. The quantitative estimate of drug-likeness (QED) is 0.128. The SMILES string of the molecule is CC(C)(C)c1cc(-c2ccc3c(c2)B2c4ccc(-n5c6ccc(-c7ccccc7)cc6c6cc(C(C)(C)C)ccc65)cc4N(c4c(-c5cccc6oc7ccccc7c56)cccc4-c4cccc5sc6ccccc6c45)c4cc(-n5c6ccc(C#N)cc6c6cc(C(C)(C)C)ccc65)cc(c42)N3c2c(-c3ccccc3)cc(C(C)(C)C)cc2-c2cccc3oc4ccccc4c23)cc(C(C)(C)C)c1. The van der Waals surface area contributed by atoms with E-state index < -0.39 is 6.71 Å². The van der Waals surface area contributed by atoms with E-state index in [-0.39, 0.29) is 27.1 Å². The van der Waals surface area contributed by atoms with Gasteiger partial charge in [-0.3, -0.25) is 0 Å². The second kappa shape index (κ2) is 30.8. The minimum atomic E-state index is -0.463. The summed E-state index contributed by atoms with van der Waals surface area (Å²) in [4.78, 5) is 5.48. The summed E-state index contributed by atoms with van der Waals surface area (Å²) in [7, 11) is 0. The largest absolute Gasteiger partial charge is 0.456 e. The minimum absolute atomic E-state index is 0.150. The lowest BCUT2D eigenvalue weighted by Gasteiger charge is -2.46. The molecule has 0 unspecified atom stereocenters. The number of anilines is 6. The average molecular weight is 1800 g/mol. The van der Waals surface area contributed by atoms with Crippen LogP contribution in [0.4, 0.5) is 34.1 Å². The van der Waals surface area contributed by atoms with Crippen LogP contribution in [0.2, 0.25) is 0 Å². The molecule has 0 N–H and O–H groups in total. The van der Waals surface area contributed by atoms with Gasteiger partial charge in [0.05, 0.1) is 50.8 Å². The Morgan fingerprint density at radius 1 is 0.261 bits per heavy atom. The van der Waals surface area contributed by atoms with Gasteiger partial charge in [-0.25, -0.2) is 0 Å². The highest BCUT2D eigenvalue weighted by Crippen LogP contribution is 2.59. The molecular weight excluding hydrogens is 1690 g/mol. The van der Waals surface area contributed by atoms with Gasteiger partial charge in [0.15, 0.2) is 0 Å². The van der Waals surface area contributed by atoms with Crippen LogP contribution < -0.4 is 26.2 Å². The molecule has 0 atom stereocenters. The Balaban J connectivity index is 0.909. The number of thiophene rings is 1. The molecule has 666 valence electrons. The van der Waals surface area contributed by atoms with Gasteiger partial charge in [0.25, 0.3) is 6.71 Å². The van der Waals surface area contributed by atoms with Crippen molar-refractivity contribution in [1.82, 2.24) is 9.13 Å². The van der Waals surface area contributed by atoms with Crippen molar-refractivity contribution in [2.24, 2.45) is 0 Å². The Kier molecular flexibility index (Phi) is 18.8. The molecule has 0 saturated carbocycles. The molecular formula is C129H104BN5O2S. The maximum Gasteiger partial charge on any atom is 0.252 e. The zero-order valence-corrected chi connectivity index (χ0v) is 81.4. The first kappa shape index (κ1) is 84.3. The predicted molar refractivity (Wildman–Crippen MR) is 587 cm³/mol. The first-order valence-electron chi connectivity index (χ1n) is 48.5. The molecule has 0 aliphatic carbocycles. The molecule has 0 fully saturated rings. The Bertz CT molecular complexity index is 8980. The van der Waals surface area contributed by atoms with E-state index in [2.05, 4.69) is 481 Å². The van der Waals surface area contributed by atoms with Crippen LogP contribution in [-0.2, 0) is 27.1 Å². The van der Waals surface area contributed by atoms with E-state index in [1.165, 1.54) is 69.9 Å². The molecule has 7 heterocycles. The Hall–Kier alpha value is -15.5. The van der Waals surface area contributed by atoms with Crippen molar-refractivity contribution in [2.75, 3.05) is 9.80 Å². The summed E-state index contributed by atoms with van der Waals surface area (Å²) in [6, 6.07) is 139. The third-order valence-electron chi connectivity index (χ3n) is 29.7. The Labute approximate surface area is 809 Å². The number of para-hydroxylation sites is 3. The Morgan fingerprint density at radius 2 is 0.696 bits per heavy atom. The highest BCUT2D eigenvalue weighted by Gasteiger charge is 2.47. The van der Waals surface area contributed by atoms with E-state index in [1.807, 2.05) is 17.4 Å². The topological polar surface area (TPSA) is 66.4 Å². The molecule has 138 heavy (non-hydrogen) atoms. The fraction of sp³-hybridized carbons (Fsp3) is 0.155. The van der Waals surface area contributed by atoms with Crippen molar-refractivity contribution in [3.05, 3.63) is 391 Å². The number of aromatic nitrogens is 2. The molecule has 0 radical (unpaired) electrons. The molecule has 5 aromatic heterocycles. The summed E-state index contributed by atoms with van der Waals surface area (Å²) in [5, 5.41) is 22.2. The van der Waals surface area contributed by atoms with Crippen LogP contribution in [0.5, 0.6) is 0 Å². The minimum Gasteiger partial charge on any atom is -0.456 e. The van der Waals surface area contributed by atoms with Crippen molar-refractivity contribution in [1.29, 1.82) is 5.26 Å². The number of hydrogen-bond acceptors (Lipinski definition) is 6. The smallest absolute Gasteiger partial charge is 0.252 e. The summed E-state index contributed by atoms with van der Waals surface area (Å²) in [5.41, 5.74) is 37.9. The lowest BCUT2D eigenvalue weighted by molar-refractivity contribution is 0.569. The standard InChI is InChI=1S/C129H104BN5O2S/c1-125(2,3)82-54-61-108-100(68-82)98-62-76(75-131)50-57-105(98)133(108)88-73-111-122-112(74-88)135(123-92(89-39-29-46-115-119(89)94-36-22-25-44-113(94)136-115)42-28-43-93(123)90-41-31-49-118-121(90)96-38-24-27-48-117(96)138-118)110-72-87(132-106-58-51-79(77-32-18-16-19-33-77)65-99(106)101-69-83(126(4,5)6)53-60-107(101)132)55-56-103(110)130(122)104-66-80(81-63-84(127(7,8)9)67-85(64-81)128(10,11)12)52-59-109(104)134(111)124-97(78-34-20-17-21-35-78)70-86(129(13,14)15)71-102(124)91-40-30-47-116-120(91)95-37-23-26-45-114(95)137-116/h16-74H,1-15H3. The summed E-state index contributed by atoms with van der Waals surface area (Å²) >= 11 is 1.85. The number of hydrogen-bond donors (Lipinski definition) is 0. The maximum atomic E-state index is 11.2. The van der Waals surface area contributed by atoms with Crippen LogP contribution >= 0.6 is 11.3 Å². The zero-order chi connectivity index (χ0) is 94.2. The number of rotatable bonds is 10. The van der Waals surface area contributed by atoms with Gasteiger partial charge >= 0.3 is 0 Å². The van der Waals surface area contributed by atoms with E-state index in [0.29, 0.717) is 5.56 Å². The predicted octanol–water partition coefficient (Wildman–Crippen LogP) is 34.5. The molecule has 2 aliphatic rings. The van der Waals surface area contributed by atoms with Gasteiger partial charge in [-0.2, -0.15) is 5.26 Å². The van der Waals surface area contributed by atoms with Gasteiger partial charge in [0.2, 0.25) is 0 Å². The van der Waals surface area contributed by atoms with Crippen molar-refractivity contribution in [3.8, 4) is 84.2 Å². The zero-order valence-electron chi connectivity index (χ0n) is 80.6. The number of fused-ring (bicyclic) bond motifs is 19.